The van der Waals surface area contributed by atoms with Gasteiger partial charge in [-0.15, -0.1) is 0 Å². The number of aliphatic hydroxyl groups excluding tert-OH is 1. The number of rotatable bonds is 7. The van der Waals surface area contributed by atoms with E-state index in [4.69, 9.17) is 0 Å². The van der Waals surface area contributed by atoms with Crippen LogP contribution in [0.3, 0.4) is 0 Å². The van der Waals surface area contributed by atoms with Crippen LogP contribution in [0.5, 0.6) is 0 Å². The molecule has 156 valence electrons. The van der Waals surface area contributed by atoms with Gasteiger partial charge in [0.2, 0.25) is 15.9 Å². The molecule has 1 saturated heterocycles. The number of nitrogens with one attached hydrogen (secondary N) is 1. The highest BCUT2D eigenvalue weighted by molar-refractivity contribution is 9.10. The maximum absolute atomic E-state index is 12.4. The lowest BCUT2D eigenvalue weighted by atomic mass is 9.87. The second kappa shape index (κ2) is 9.84. The minimum absolute atomic E-state index is 0.0593. The lowest BCUT2D eigenvalue weighted by Gasteiger charge is -2.34. The molecule has 1 unspecified atom stereocenters. The van der Waals surface area contributed by atoms with Gasteiger partial charge in [-0.1, -0.05) is 46.3 Å². The van der Waals surface area contributed by atoms with Crippen molar-refractivity contribution in [3.05, 3.63) is 64.6 Å². The third kappa shape index (κ3) is 5.88. The molecule has 2 aromatic carbocycles. The SMILES string of the molecule is O=C(CCNS(=O)(=O)c1ccc(Br)cc1)N1CCC(C(O)c2ccccc2)CC1. The summed E-state index contributed by atoms with van der Waals surface area (Å²) in [5.74, 6) is 0.0496. The largest absolute Gasteiger partial charge is 0.388 e. The minimum Gasteiger partial charge on any atom is -0.388 e. The number of aliphatic hydroxyl groups is 1. The van der Waals surface area contributed by atoms with Crippen LogP contribution in [-0.2, 0) is 14.8 Å². The molecule has 0 spiro atoms. The maximum Gasteiger partial charge on any atom is 0.240 e. The fraction of sp³-hybridized carbons (Fsp3) is 0.381. The molecule has 0 bridgehead atoms. The molecule has 3 rings (SSSR count). The van der Waals surface area contributed by atoms with Crippen LogP contribution in [0.2, 0.25) is 0 Å². The first-order valence-electron chi connectivity index (χ1n) is 9.63. The van der Waals surface area contributed by atoms with Crippen LogP contribution in [0.15, 0.2) is 64.0 Å². The summed E-state index contributed by atoms with van der Waals surface area (Å²) >= 11 is 3.27. The number of nitrogens with zero attached hydrogens (tertiary/aromatic N) is 1. The zero-order chi connectivity index (χ0) is 20.9. The number of carbonyl (C=O) groups is 1. The topological polar surface area (TPSA) is 86.7 Å². The molecule has 0 aromatic heterocycles. The molecule has 1 atom stereocenters. The van der Waals surface area contributed by atoms with E-state index in [9.17, 15) is 18.3 Å². The number of hydrogen-bond acceptors (Lipinski definition) is 4. The molecule has 1 heterocycles. The molecule has 29 heavy (non-hydrogen) atoms. The molecule has 1 fully saturated rings. The fourth-order valence-electron chi connectivity index (χ4n) is 3.53. The average molecular weight is 481 g/mol. The van der Waals surface area contributed by atoms with Gasteiger partial charge in [0.25, 0.3) is 0 Å². The molecule has 1 amide bonds. The van der Waals surface area contributed by atoms with Gasteiger partial charge in [0.15, 0.2) is 0 Å². The van der Waals surface area contributed by atoms with Crippen molar-refractivity contribution in [2.45, 2.75) is 30.3 Å². The number of likely N-dealkylation sites (tertiary alicyclic amines) is 1. The number of piperidine rings is 1. The zero-order valence-electron chi connectivity index (χ0n) is 16.0. The molecule has 0 aliphatic carbocycles. The second-order valence-electron chi connectivity index (χ2n) is 7.18. The number of benzene rings is 2. The lowest BCUT2D eigenvalue weighted by Crippen LogP contribution is -2.41. The van der Waals surface area contributed by atoms with Gasteiger partial charge in [0.1, 0.15) is 0 Å². The Morgan fingerprint density at radius 2 is 1.72 bits per heavy atom. The molecule has 1 aliphatic rings. The Bertz CT molecular complexity index is 911. The van der Waals surface area contributed by atoms with Crippen LogP contribution in [0.4, 0.5) is 0 Å². The molecule has 2 aromatic rings. The average Bonchev–Trinajstić information content (AvgIpc) is 2.74. The van der Waals surface area contributed by atoms with Crippen LogP contribution < -0.4 is 4.72 Å². The number of hydrogen-bond donors (Lipinski definition) is 2. The van der Waals surface area contributed by atoms with Crippen LogP contribution in [0.25, 0.3) is 0 Å². The van der Waals surface area contributed by atoms with Crippen molar-refractivity contribution < 1.29 is 18.3 Å². The number of carbonyl (C=O) groups excluding carboxylic acids is 1. The highest BCUT2D eigenvalue weighted by Crippen LogP contribution is 2.30. The van der Waals surface area contributed by atoms with Gasteiger partial charge in [0.05, 0.1) is 11.0 Å². The van der Waals surface area contributed by atoms with Gasteiger partial charge in [0, 0.05) is 30.5 Å². The van der Waals surface area contributed by atoms with Crippen molar-refractivity contribution in [1.82, 2.24) is 9.62 Å². The Hall–Kier alpha value is -1.74. The third-order valence-corrected chi connectivity index (χ3v) is 7.24. The third-order valence-electron chi connectivity index (χ3n) is 5.23. The van der Waals surface area contributed by atoms with Crippen molar-refractivity contribution in [3.63, 3.8) is 0 Å². The highest BCUT2D eigenvalue weighted by atomic mass is 79.9. The van der Waals surface area contributed by atoms with E-state index in [0.29, 0.717) is 13.1 Å². The molecule has 2 N–H and O–H groups in total. The Morgan fingerprint density at radius 3 is 2.34 bits per heavy atom. The standard InChI is InChI=1S/C21H25BrN2O4S/c22-18-6-8-19(9-7-18)29(27,28)23-13-10-20(25)24-14-11-17(12-15-24)21(26)16-4-2-1-3-5-16/h1-9,17,21,23,26H,10-15H2. The fourth-order valence-corrected chi connectivity index (χ4v) is 4.83. The van der Waals surface area contributed by atoms with Crippen LogP contribution in [0, 0.1) is 5.92 Å². The molecule has 6 nitrogen and oxygen atoms in total. The highest BCUT2D eigenvalue weighted by Gasteiger charge is 2.28. The summed E-state index contributed by atoms with van der Waals surface area (Å²) in [4.78, 5) is 14.4. The minimum atomic E-state index is -3.63. The van der Waals surface area contributed by atoms with Gasteiger partial charge in [-0.3, -0.25) is 4.79 Å². The molecular formula is C21H25BrN2O4S. The van der Waals surface area contributed by atoms with Gasteiger partial charge in [-0.2, -0.15) is 0 Å². The summed E-state index contributed by atoms with van der Waals surface area (Å²) < 4.78 is 27.8. The van der Waals surface area contributed by atoms with Gasteiger partial charge in [-0.05, 0) is 48.6 Å². The molecule has 0 radical (unpaired) electrons. The molecule has 1 aliphatic heterocycles. The van der Waals surface area contributed by atoms with E-state index < -0.39 is 16.1 Å². The van der Waals surface area contributed by atoms with E-state index in [1.165, 1.54) is 12.1 Å². The number of amides is 1. The Kier molecular flexibility index (Phi) is 7.45. The van der Waals surface area contributed by atoms with Crippen molar-refractivity contribution in [2.75, 3.05) is 19.6 Å². The molecular weight excluding hydrogens is 456 g/mol. The van der Waals surface area contributed by atoms with E-state index in [-0.39, 0.29) is 29.7 Å². The summed E-state index contributed by atoms with van der Waals surface area (Å²) in [6, 6.07) is 15.9. The van der Waals surface area contributed by atoms with E-state index >= 15 is 0 Å². The van der Waals surface area contributed by atoms with Gasteiger partial charge < -0.3 is 10.0 Å². The summed E-state index contributed by atoms with van der Waals surface area (Å²) in [6.07, 6.45) is 1.05. The van der Waals surface area contributed by atoms with Crippen LogP contribution in [0.1, 0.15) is 30.9 Å². The van der Waals surface area contributed by atoms with Crippen molar-refractivity contribution in [3.8, 4) is 0 Å². The zero-order valence-corrected chi connectivity index (χ0v) is 18.4. The van der Waals surface area contributed by atoms with Crippen molar-refractivity contribution >= 4 is 31.9 Å². The van der Waals surface area contributed by atoms with E-state index in [0.717, 1.165) is 22.9 Å². The van der Waals surface area contributed by atoms with Crippen LogP contribution >= 0.6 is 15.9 Å². The van der Waals surface area contributed by atoms with E-state index in [1.807, 2.05) is 30.3 Å². The predicted molar refractivity (Wildman–Crippen MR) is 115 cm³/mol. The Labute approximate surface area is 180 Å². The smallest absolute Gasteiger partial charge is 0.240 e. The van der Waals surface area contributed by atoms with Crippen molar-refractivity contribution in [1.29, 1.82) is 0 Å². The Morgan fingerprint density at radius 1 is 1.10 bits per heavy atom. The number of halogens is 1. The summed E-state index contributed by atoms with van der Waals surface area (Å²) in [5, 5.41) is 10.5. The Balaban J connectivity index is 1.44. The van der Waals surface area contributed by atoms with Crippen LogP contribution in [-0.4, -0.2) is 44.0 Å². The monoisotopic (exact) mass is 480 g/mol. The van der Waals surface area contributed by atoms with Gasteiger partial charge >= 0.3 is 0 Å². The molecule has 0 saturated carbocycles. The first kappa shape index (κ1) is 22.0. The summed E-state index contributed by atoms with van der Waals surface area (Å²) in [5.41, 5.74) is 0.902. The summed E-state index contributed by atoms with van der Waals surface area (Å²) in [6.45, 7) is 1.21. The maximum atomic E-state index is 12.4. The lowest BCUT2D eigenvalue weighted by molar-refractivity contribution is -0.133. The molecule has 8 heteroatoms. The quantitative estimate of drug-likeness (QED) is 0.637. The van der Waals surface area contributed by atoms with E-state index in [1.54, 1.807) is 17.0 Å². The predicted octanol–water partition coefficient (Wildman–Crippen LogP) is 3.09. The second-order valence-corrected chi connectivity index (χ2v) is 9.86. The van der Waals surface area contributed by atoms with E-state index in [2.05, 4.69) is 20.7 Å². The summed E-state index contributed by atoms with van der Waals surface area (Å²) in [7, 11) is -3.63. The first-order valence-corrected chi connectivity index (χ1v) is 11.9. The first-order chi connectivity index (χ1) is 13.9. The normalized spacial score (nSPS) is 16.6. The number of sulfonamides is 1. The van der Waals surface area contributed by atoms with Crippen molar-refractivity contribution in [2.24, 2.45) is 5.92 Å². The van der Waals surface area contributed by atoms with Gasteiger partial charge in [-0.25, -0.2) is 13.1 Å².